The van der Waals surface area contributed by atoms with Crippen molar-refractivity contribution < 1.29 is 8.78 Å². The molecule has 1 nitrogen and oxygen atoms in total. The van der Waals surface area contributed by atoms with Crippen LogP contribution in [0.5, 0.6) is 0 Å². The Balaban J connectivity index is 2.77. The molecule has 0 aromatic carbocycles. The first kappa shape index (κ1) is 5.28. The maximum Gasteiger partial charge on any atom is 0.265 e. The van der Waals surface area contributed by atoms with Gasteiger partial charge in [0, 0.05) is 24.0 Å². The van der Waals surface area contributed by atoms with Crippen LogP contribution in [0.1, 0.15) is 12.0 Å². The van der Waals surface area contributed by atoms with Gasteiger partial charge in [0.15, 0.2) is 0 Å². The lowest BCUT2D eigenvalue weighted by Crippen LogP contribution is -1.75. The molecule has 1 N–H and O–H groups in total. The molecule has 43 valence electrons. The number of aromatic amines is 1. The Morgan fingerprint density at radius 1 is 1.62 bits per heavy atom. The Morgan fingerprint density at radius 2 is 2.38 bits per heavy atom. The van der Waals surface area contributed by atoms with Crippen LogP contribution in [-0.4, -0.2) is 4.98 Å². The van der Waals surface area contributed by atoms with Crippen LogP contribution < -0.4 is 0 Å². The SMILES string of the molecule is FC(F)c1[c]c[nH]c1. The molecule has 0 fully saturated rings. The minimum Gasteiger partial charge on any atom is -0.367 e. The quantitative estimate of drug-likeness (QED) is 0.575. The van der Waals surface area contributed by atoms with Crippen LogP contribution in [0, 0.1) is 6.07 Å². The fourth-order valence-corrected chi connectivity index (χ4v) is 0.424. The van der Waals surface area contributed by atoms with Crippen molar-refractivity contribution in [3.05, 3.63) is 24.0 Å². The molecule has 8 heavy (non-hydrogen) atoms. The van der Waals surface area contributed by atoms with E-state index in [1.807, 2.05) is 0 Å². The normalized spacial score (nSPS) is 10.4. The molecule has 0 spiro atoms. The van der Waals surface area contributed by atoms with Gasteiger partial charge in [-0.1, -0.05) is 0 Å². The second kappa shape index (κ2) is 1.94. The Labute approximate surface area is 45.3 Å². The number of nitrogens with one attached hydrogen (secondary N) is 1. The molecule has 0 atom stereocenters. The Bertz CT molecular complexity index is 145. The zero-order chi connectivity index (χ0) is 5.98. The summed E-state index contributed by atoms with van der Waals surface area (Å²) in [6, 6.07) is 2.33. The summed E-state index contributed by atoms with van der Waals surface area (Å²) in [5.74, 6) is 0. The van der Waals surface area contributed by atoms with Gasteiger partial charge in [-0.2, -0.15) is 0 Å². The molecule has 0 unspecified atom stereocenters. The van der Waals surface area contributed by atoms with E-state index in [9.17, 15) is 8.78 Å². The summed E-state index contributed by atoms with van der Waals surface area (Å²) < 4.78 is 23.1. The van der Waals surface area contributed by atoms with Crippen molar-refractivity contribution in [3.8, 4) is 0 Å². The van der Waals surface area contributed by atoms with Crippen LogP contribution in [0.2, 0.25) is 0 Å². The van der Waals surface area contributed by atoms with Crippen LogP contribution in [0.25, 0.3) is 0 Å². The third-order valence-electron chi connectivity index (χ3n) is 0.796. The zero-order valence-corrected chi connectivity index (χ0v) is 3.99. The van der Waals surface area contributed by atoms with Crippen molar-refractivity contribution in [1.82, 2.24) is 4.98 Å². The molecule has 1 aromatic rings. The number of hydrogen-bond donors (Lipinski definition) is 1. The van der Waals surface area contributed by atoms with Crippen molar-refractivity contribution in [2.24, 2.45) is 0 Å². The van der Waals surface area contributed by atoms with E-state index in [4.69, 9.17) is 0 Å². The monoisotopic (exact) mass is 116 g/mol. The van der Waals surface area contributed by atoms with Gasteiger partial charge < -0.3 is 4.98 Å². The first-order valence-corrected chi connectivity index (χ1v) is 2.13. The molecule has 0 aliphatic heterocycles. The Morgan fingerprint density at radius 3 is 2.62 bits per heavy atom. The van der Waals surface area contributed by atoms with E-state index in [-0.39, 0.29) is 5.56 Å². The average Bonchev–Trinajstić information content (AvgIpc) is 2.12. The molecular formula is C5H4F2N. The maximum atomic E-state index is 11.5. The van der Waals surface area contributed by atoms with Crippen LogP contribution in [0.4, 0.5) is 8.78 Å². The smallest absolute Gasteiger partial charge is 0.265 e. The standard InChI is InChI=1S/C5H4F2N/c6-5(7)4-1-2-8-3-4/h2-3,5,8H. The summed E-state index contributed by atoms with van der Waals surface area (Å²) >= 11 is 0. The predicted octanol–water partition coefficient (Wildman–Crippen LogP) is 1.75. The Hall–Kier alpha value is -0.860. The summed E-state index contributed by atoms with van der Waals surface area (Å²) in [6.07, 6.45) is 0.174. The fraction of sp³-hybridized carbons (Fsp3) is 0.200. The van der Waals surface area contributed by atoms with Gasteiger partial charge in [0.2, 0.25) is 0 Å². The molecule has 0 aliphatic carbocycles. The summed E-state index contributed by atoms with van der Waals surface area (Å²) in [5.41, 5.74) is -0.0787. The van der Waals surface area contributed by atoms with E-state index >= 15 is 0 Å². The van der Waals surface area contributed by atoms with Crippen LogP contribution in [-0.2, 0) is 0 Å². The second-order valence-electron chi connectivity index (χ2n) is 1.36. The van der Waals surface area contributed by atoms with E-state index in [2.05, 4.69) is 11.1 Å². The molecule has 3 heteroatoms. The summed E-state index contributed by atoms with van der Waals surface area (Å²) in [4.78, 5) is 2.48. The van der Waals surface area contributed by atoms with E-state index < -0.39 is 6.43 Å². The minimum atomic E-state index is -2.40. The highest BCUT2D eigenvalue weighted by Gasteiger charge is 2.04. The van der Waals surface area contributed by atoms with Crippen molar-refractivity contribution in [3.63, 3.8) is 0 Å². The van der Waals surface area contributed by atoms with E-state index in [1.54, 1.807) is 0 Å². The van der Waals surface area contributed by atoms with Gasteiger partial charge in [-0.3, -0.25) is 0 Å². The first-order valence-electron chi connectivity index (χ1n) is 2.13. The highest BCUT2D eigenvalue weighted by molar-refractivity contribution is 5.06. The summed E-state index contributed by atoms with van der Waals surface area (Å²) in [6.45, 7) is 0. The van der Waals surface area contributed by atoms with Crippen molar-refractivity contribution in [2.75, 3.05) is 0 Å². The number of rotatable bonds is 1. The number of hydrogen-bond acceptors (Lipinski definition) is 0. The van der Waals surface area contributed by atoms with Crippen molar-refractivity contribution >= 4 is 0 Å². The largest absolute Gasteiger partial charge is 0.367 e. The molecule has 1 aromatic heterocycles. The molecule has 0 bridgehead atoms. The fourth-order valence-electron chi connectivity index (χ4n) is 0.424. The molecule has 0 saturated carbocycles. The van der Waals surface area contributed by atoms with Gasteiger partial charge in [-0.15, -0.1) is 0 Å². The van der Waals surface area contributed by atoms with E-state index in [0.717, 1.165) is 0 Å². The number of H-pyrrole nitrogens is 1. The maximum absolute atomic E-state index is 11.5. The summed E-state index contributed by atoms with van der Waals surface area (Å²) in [5, 5.41) is 0. The zero-order valence-electron chi connectivity index (χ0n) is 3.99. The molecule has 1 heterocycles. The van der Waals surface area contributed by atoms with Gasteiger partial charge in [-0.25, -0.2) is 8.78 Å². The number of halogens is 2. The van der Waals surface area contributed by atoms with Crippen molar-refractivity contribution in [2.45, 2.75) is 6.43 Å². The van der Waals surface area contributed by atoms with Crippen LogP contribution in [0.3, 0.4) is 0 Å². The number of aromatic nitrogens is 1. The lowest BCUT2D eigenvalue weighted by atomic mass is 10.4. The highest BCUT2D eigenvalue weighted by Crippen LogP contribution is 2.15. The first-order chi connectivity index (χ1) is 3.80. The van der Waals surface area contributed by atoms with Crippen LogP contribution >= 0.6 is 0 Å². The molecular weight excluding hydrogens is 112 g/mol. The topological polar surface area (TPSA) is 15.8 Å². The van der Waals surface area contributed by atoms with Crippen molar-refractivity contribution in [1.29, 1.82) is 0 Å². The molecule has 0 amide bonds. The highest BCUT2D eigenvalue weighted by atomic mass is 19.3. The van der Waals surface area contributed by atoms with Gasteiger partial charge in [-0.05, 0) is 0 Å². The van der Waals surface area contributed by atoms with Gasteiger partial charge in [0.25, 0.3) is 6.43 Å². The summed E-state index contributed by atoms with van der Waals surface area (Å²) in [7, 11) is 0. The number of alkyl halides is 2. The van der Waals surface area contributed by atoms with Crippen LogP contribution in [0.15, 0.2) is 12.4 Å². The Kier molecular flexibility index (Phi) is 1.28. The molecule has 0 aliphatic rings. The predicted molar refractivity (Wildman–Crippen MR) is 24.6 cm³/mol. The van der Waals surface area contributed by atoms with E-state index in [0.29, 0.717) is 0 Å². The lowest BCUT2D eigenvalue weighted by molar-refractivity contribution is 0.151. The third-order valence-corrected chi connectivity index (χ3v) is 0.796. The lowest BCUT2D eigenvalue weighted by Gasteiger charge is -1.87. The third kappa shape index (κ3) is 0.857. The molecule has 0 saturated heterocycles. The molecule has 1 rings (SSSR count). The molecule has 1 radical (unpaired) electrons. The van der Waals surface area contributed by atoms with Gasteiger partial charge >= 0.3 is 0 Å². The average molecular weight is 116 g/mol. The second-order valence-corrected chi connectivity index (χ2v) is 1.36. The van der Waals surface area contributed by atoms with Gasteiger partial charge in [0.05, 0.1) is 0 Å². The minimum absolute atomic E-state index is 0.0787. The van der Waals surface area contributed by atoms with E-state index in [1.165, 1.54) is 12.4 Å². The van der Waals surface area contributed by atoms with Gasteiger partial charge in [0.1, 0.15) is 0 Å².